The molecule has 8 nitrogen and oxygen atoms in total. The summed E-state index contributed by atoms with van der Waals surface area (Å²) in [4.78, 5) is 24.3. The van der Waals surface area contributed by atoms with Gasteiger partial charge in [0.05, 0.1) is 24.5 Å². The number of nitrogens with one attached hydrogen (secondary N) is 2. The van der Waals surface area contributed by atoms with Gasteiger partial charge < -0.3 is 25.0 Å². The van der Waals surface area contributed by atoms with E-state index in [1.165, 1.54) is 0 Å². The lowest BCUT2D eigenvalue weighted by Gasteiger charge is -2.34. The van der Waals surface area contributed by atoms with Gasteiger partial charge in [0, 0.05) is 36.4 Å². The van der Waals surface area contributed by atoms with E-state index in [1.54, 1.807) is 0 Å². The summed E-state index contributed by atoms with van der Waals surface area (Å²) in [5.41, 5.74) is 3.37. The van der Waals surface area contributed by atoms with Crippen molar-refractivity contribution in [1.29, 1.82) is 0 Å². The van der Waals surface area contributed by atoms with Crippen molar-refractivity contribution in [2.75, 3.05) is 29.9 Å². The molecule has 2 aromatic rings. The predicted octanol–water partition coefficient (Wildman–Crippen LogP) is 5.22. The van der Waals surface area contributed by atoms with Gasteiger partial charge in [-0.3, -0.25) is 0 Å². The van der Waals surface area contributed by atoms with Crippen LogP contribution in [0.25, 0.3) is 11.4 Å². The highest BCUT2D eigenvalue weighted by Gasteiger charge is 2.42. The molecule has 3 aliphatic heterocycles. The van der Waals surface area contributed by atoms with Gasteiger partial charge in [0.15, 0.2) is 5.82 Å². The summed E-state index contributed by atoms with van der Waals surface area (Å²) in [6.45, 7) is 13.1. The Kier molecular flexibility index (Phi) is 7.91. The zero-order valence-corrected chi connectivity index (χ0v) is 21.7. The molecular formula is C27H39N5O3. The molecule has 2 N–H and O–H groups in total. The van der Waals surface area contributed by atoms with Crippen LogP contribution < -0.4 is 15.5 Å². The summed E-state index contributed by atoms with van der Waals surface area (Å²) in [6, 6.07) is 7.48. The van der Waals surface area contributed by atoms with Crippen LogP contribution in [0.4, 0.5) is 16.3 Å². The first-order chi connectivity index (χ1) is 17.0. The third kappa shape index (κ3) is 5.28. The van der Waals surface area contributed by atoms with Crippen LogP contribution in [0, 0.1) is 0 Å². The van der Waals surface area contributed by atoms with Crippen molar-refractivity contribution in [3.8, 4) is 11.4 Å². The van der Waals surface area contributed by atoms with E-state index < -0.39 is 5.60 Å². The Morgan fingerprint density at radius 3 is 2.43 bits per heavy atom. The number of morpholine rings is 1. The second-order valence-corrected chi connectivity index (χ2v) is 9.39. The van der Waals surface area contributed by atoms with Gasteiger partial charge in [0.2, 0.25) is 0 Å². The van der Waals surface area contributed by atoms with E-state index in [1.807, 2.05) is 45.0 Å². The highest BCUT2D eigenvalue weighted by molar-refractivity contribution is 5.89. The summed E-state index contributed by atoms with van der Waals surface area (Å²) >= 11 is 0. The van der Waals surface area contributed by atoms with Crippen molar-refractivity contribution in [2.45, 2.75) is 84.7 Å². The number of urea groups is 1. The van der Waals surface area contributed by atoms with Crippen LogP contribution >= 0.6 is 0 Å². The minimum Gasteiger partial charge on any atom is -0.371 e. The van der Waals surface area contributed by atoms with Gasteiger partial charge in [0.25, 0.3) is 0 Å². The minimum absolute atomic E-state index is 0.212. The number of benzene rings is 1. The third-order valence-electron chi connectivity index (χ3n) is 6.83. The fraction of sp³-hybridized carbons (Fsp3) is 0.593. The van der Waals surface area contributed by atoms with Crippen LogP contribution in [0.3, 0.4) is 0 Å². The van der Waals surface area contributed by atoms with Crippen molar-refractivity contribution in [3.63, 3.8) is 0 Å². The van der Waals surface area contributed by atoms with Crippen LogP contribution in [0.1, 0.15) is 71.6 Å². The molecule has 1 aromatic heterocycles. The Morgan fingerprint density at radius 2 is 1.80 bits per heavy atom. The molecule has 3 atom stereocenters. The Bertz CT molecular complexity index is 1020. The minimum atomic E-state index is -0.401. The second kappa shape index (κ2) is 10.9. The molecule has 5 rings (SSSR count). The average molecular weight is 482 g/mol. The van der Waals surface area contributed by atoms with Gasteiger partial charge in [-0.15, -0.1) is 0 Å². The summed E-state index contributed by atoms with van der Waals surface area (Å²) in [5.74, 6) is 1.68. The number of hydrogen-bond acceptors (Lipinski definition) is 6. The molecule has 0 radical (unpaired) electrons. The van der Waals surface area contributed by atoms with E-state index in [9.17, 15) is 4.79 Å². The Hall–Kier alpha value is -2.71. The molecule has 4 heterocycles. The number of amides is 2. The van der Waals surface area contributed by atoms with Crippen LogP contribution in [0.2, 0.25) is 0 Å². The molecule has 2 bridgehead atoms. The molecule has 35 heavy (non-hydrogen) atoms. The molecule has 8 heteroatoms. The predicted molar refractivity (Wildman–Crippen MR) is 139 cm³/mol. The summed E-state index contributed by atoms with van der Waals surface area (Å²) in [7, 11) is 0. The molecular weight excluding hydrogens is 442 g/mol. The molecule has 190 valence electrons. The van der Waals surface area contributed by atoms with Crippen LogP contribution in [0.5, 0.6) is 0 Å². The van der Waals surface area contributed by atoms with E-state index in [2.05, 4.69) is 29.4 Å². The standard InChI is InChI=1S/C25H33N5O3.C2H6/c1-4-12-25(3)21-20(15-32-25)23(30-13-18-10-11-19(14-30)33-18)29-22(28-21)16-6-8-17(9-7-16)27-24(31)26-5-2;1-2/h6-9,18-19H,4-5,10-15H2,1-3H3,(H2,26,27,31);1-2H3. The topological polar surface area (TPSA) is 88.6 Å². The zero-order chi connectivity index (χ0) is 25.0. The number of carbonyl (C=O) groups is 1. The normalized spacial score (nSPS) is 24.4. The monoisotopic (exact) mass is 481 g/mol. The fourth-order valence-corrected chi connectivity index (χ4v) is 5.23. The van der Waals surface area contributed by atoms with E-state index in [4.69, 9.17) is 19.4 Å². The molecule has 1 aromatic carbocycles. The smallest absolute Gasteiger partial charge is 0.319 e. The Morgan fingerprint density at radius 1 is 1.11 bits per heavy atom. The molecule has 0 spiro atoms. The summed E-state index contributed by atoms with van der Waals surface area (Å²) in [6.07, 6.45) is 4.73. The molecule has 2 fully saturated rings. The van der Waals surface area contributed by atoms with Gasteiger partial charge in [-0.05, 0) is 57.4 Å². The number of carbonyl (C=O) groups excluding carboxylic acids is 1. The van der Waals surface area contributed by atoms with E-state index in [0.717, 1.165) is 67.1 Å². The maximum absolute atomic E-state index is 11.8. The van der Waals surface area contributed by atoms with Crippen molar-refractivity contribution >= 4 is 17.5 Å². The third-order valence-corrected chi connectivity index (χ3v) is 6.83. The van der Waals surface area contributed by atoms with Crippen LogP contribution in [0.15, 0.2) is 24.3 Å². The number of ether oxygens (including phenoxy) is 2. The lowest BCUT2D eigenvalue weighted by atomic mass is 9.94. The van der Waals surface area contributed by atoms with Gasteiger partial charge >= 0.3 is 6.03 Å². The largest absolute Gasteiger partial charge is 0.371 e. The SMILES string of the molecule is CC.CCCC1(C)OCc2c(N3CC4CCC(C3)O4)nc(-c3ccc(NC(=O)NCC)cc3)nc21. The van der Waals surface area contributed by atoms with Gasteiger partial charge in [-0.25, -0.2) is 14.8 Å². The van der Waals surface area contributed by atoms with Crippen LogP contribution in [-0.4, -0.2) is 47.8 Å². The van der Waals surface area contributed by atoms with Crippen molar-refractivity contribution in [2.24, 2.45) is 0 Å². The van der Waals surface area contributed by atoms with Crippen LogP contribution in [-0.2, 0) is 21.7 Å². The lowest BCUT2D eigenvalue weighted by Crippen LogP contribution is -2.43. The number of aromatic nitrogens is 2. The Balaban J connectivity index is 0.00000141. The van der Waals surface area contributed by atoms with E-state index >= 15 is 0 Å². The number of nitrogens with zero attached hydrogens (tertiary/aromatic N) is 3. The Labute approximate surface area is 208 Å². The zero-order valence-electron chi connectivity index (χ0n) is 21.7. The highest BCUT2D eigenvalue weighted by Crippen LogP contribution is 2.43. The fourth-order valence-electron chi connectivity index (χ4n) is 5.23. The second-order valence-electron chi connectivity index (χ2n) is 9.39. The molecule has 0 saturated carbocycles. The first-order valence-electron chi connectivity index (χ1n) is 13.1. The van der Waals surface area contributed by atoms with Gasteiger partial charge in [-0.1, -0.05) is 27.2 Å². The summed E-state index contributed by atoms with van der Waals surface area (Å²) < 4.78 is 12.4. The molecule has 2 amide bonds. The van der Waals surface area contributed by atoms with E-state index in [0.29, 0.717) is 19.0 Å². The van der Waals surface area contributed by atoms with Gasteiger partial charge in [-0.2, -0.15) is 0 Å². The maximum atomic E-state index is 11.8. The maximum Gasteiger partial charge on any atom is 0.319 e. The highest BCUT2D eigenvalue weighted by atomic mass is 16.5. The number of fused-ring (bicyclic) bond motifs is 3. The molecule has 0 aliphatic carbocycles. The number of hydrogen-bond donors (Lipinski definition) is 2. The van der Waals surface area contributed by atoms with Crippen molar-refractivity contribution in [1.82, 2.24) is 15.3 Å². The lowest BCUT2D eigenvalue weighted by molar-refractivity contribution is -0.0321. The molecule has 3 unspecified atom stereocenters. The average Bonchev–Trinajstić information content (AvgIpc) is 3.38. The first kappa shape index (κ1) is 25.4. The summed E-state index contributed by atoms with van der Waals surface area (Å²) in [5, 5.41) is 5.58. The van der Waals surface area contributed by atoms with Crippen molar-refractivity contribution in [3.05, 3.63) is 35.5 Å². The van der Waals surface area contributed by atoms with E-state index in [-0.39, 0.29) is 18.2 Å². The van der Waals surface area contributed by atoms with Gasteiger partial charge in [0.1, 0.15) is 11.4 Å². The first-order valence-corrected chi connectivity index (χ1v) is 13.1. The number of anilines is 2. The quantitative estimate of drug-likeness (QED) is 0.588. The molecule has 3 aliphatic rings. The van der Waals surface area contributed by atoms with Crippen molar-refractivity contribution < 1.29 is 14.3 Å². The number of rotatable bonds is 6. The molecule has 2 saturated heterocycles.